The number of benzene rings is 1. The number of likely N-dealkylation sites (N-methyl/N-ethyl adjacent to an activating group) is 1. The molecule has 1 N–H and O–H groups in total. The van der Waals surface area contributed by atoms with Crippen molar-refractivity contribution in [3.63, 3.8) is 0 Å². The first-order valence-electron chi connectivity index (χ1n) is 15.6. The van der Waals surface area contributed by atoms with Crippen LogP contribution < -0.4 is 20.3 Å². The van der Waals surface area contributed by atoms with Crippen molar-refractivity contribution in [3.8, 4) is 22.6 Å². The monoisotopic (exact) mass is 698 g/mol. The maximum absolute atomic E-state index is 14.5. The second-order valence-corrected chi connectivity index (χ2v) is 13.0. The van der Waals surface area contributed by atoms with Gasteiger partial charge in [0.25, 0.3) is 5.56 Å². The molecule has 2 aliphatic rings. The number of likely N-dealkylation sites (tertiary alicyclic amines) is 1. The third kappa shape index (κ3) is 7.67. The van der Waals surface area contributed by atoms with Crippen molar-refractivity contribution in [2.24, 2.45) is 11.8 Å². The second kappa shape index (κ2) is 15.5. The fourth-order valence-corrected chi connectivity index (χ4v) is 6.78. The Morgan fingerprint density at radius 3 is 2.56 bits per heavy atom. The van der Waals surface area contributed by atoms with Crippen molar-refractivity contribution in [2.45, 2.75) is 25.4 Å². The number of pyridine rings is 1. The number of aromatic nitrogens is 3. The summed E-state index contributed by atoms with van der Waals surface area (Å²) in [6.07, 6.45) is 7.36. The average molecular weight is 700 g/mol. The Morgan fingerprint density at radius 2 is 1.90 bits per heavy atom. The van der Waals surface area contributed by atoms with Gasteiger partial charge in [0.15, 0.2) is 5.78 Å². The van der Waals surface area contributed by atoms with Crippen molar-refractivity contribution < 1.29 is 23.8 Å². The van der Waals surface area contributed by atoms with Crippen LogP contribution >= 0.6 is 23.2 Å². The van der Waals surface area contributed by atoms with Crippen LogP contribution in [0.15, 0.2) is 47.9 Å². The van der Waals surface area contributed by atoms with Crippen molar-refractivity contribution in [1.29, 1.82) is 0 Å². The molecule has 2 saturated heterocycles. The van der Waals surface area contributed by atoms with E-state index >= 15 is 0 Å². The van der Waals surface area contributed by atoms with Crippen LogP contribution in [-0.2, 0) is 20.9 Å². The molecule has 12 nitrogen and oxygen atoms in total. The van der Waals surface area contributed by atoms with E-state index in [-0.39, 0.29) is 69.3 Å². The first kappa shape index (κ1) is 35.3. The fourth-order valence-electron chi connectivity index (χ4n) is 6.08. The molecule has 0 spiro atoms. The van der Waals surface area contributed by atoms with Gasteiger partial charge in [-0.2, -0.15) is 4.98 Å². The highest BCUT2D eigenvalue weighted by atomic mass is 35.5. The zero-order valence-electron chi connectivity index (χ0n) is 27.5. The molecule has 1 amide bonds. The molecule has 2 fully saturated rings. The highest BCUT2D eigenvalue weighted by Gasteiger charge is 2.31. The summed E-state index contributed by atoms with van der Waals surface area (Å²) in [5.74, 6) is 0.646. The van der Waals surface area contributed by atoms with Crippen molar-refractivity contribution in [3.05, 3.63) is 63.5 Å². The van der Waals surface area contributed by atoms with E-state index in [9.17, 15) is 14.4 Å². The van der Waals surface area contributed by atoms with E-state index in [4.69, 9.17) is 42.4 Å². The quantitative estimate of drug-likeness (QED) is 0.258. The number of hydrogen-bond acceptors (Lipinski definition) is 10. The van der Waals surface area contributed by atoms with E-state index < -0.39 is 0 Å². The van der Waals surface area contributed by atoms with Crippen molar-refractivity contribution in [2.75, 3.05) is 66.5 Å². The molecule has 14 heteroatoms. The summed E-state index contributed by atoms with van der Waals surface area (Å²) >= 11 is 13.5. The molecule has 4 heterocycles. The molecule has 48 heavy (non-hydrogen) atoms. The Bertz CT molecular complexity index is 1770. The number of nitrogens with one attached hydrogen (secondary N) is 1. The number of carbonyl (C=O) groups excluding carboxylic acids is 2. The zero-order chi connectivity index (χ0) is 34.5. The largest absolute Gasteiger partial charge is 0.495 e. The number of hydrogen-bond donors (Lipinski definition) is 1. The first-order valence-corrected chi connectivity index (χ1v) is 16.4. The van der Waals surface area contributed by atoms with Gasteiger partial charge in [0.2, 0.25) is 11.9 Å². The predicted octanol–water partition coefficient (Wildman–Crippen LogP) is 4.32. The van der Waals surface area contributed by atoms with Gasteiger partial charge in [-0.3, -0.25) is 19.0 Å². The van der Waals surface area contributed by atoms with Gasteiger partial charge in [0, 0.05) is 67.8 Å². The van der Waals surface area contributed by atoms with Crippen LogP contribution in [0.3, 0.4) is 0 Å². The molecule has 1 aromatic carbocycles. The lowest BCUT2D eigenvalue weighted by Gasteiger charge is -2.21. The molecular formula is C34H40Cl2N6O6. The normalized spacial score (nSPS) is 19.4. The fraction of sp³-hybridized carbons (Fsp3) is 0.441. The smallest absolute Gasteiger partial charge is 0.260 e. The van der Waals surface area contributed by atoms with Crippen molar-refractivity contribution >= 4 is 51.9 Å². The SMILES string of the molecule is C=CC(=O)CC1COCC1Nc1ncc2cc(-c3c(Cl)c(OC)cc(OC)c3Cl)c(=O)n(CC3CCN(C(=O)/C=C/CN(C)C)C3)c2n1. The number of amides is 1. The summed E-state index contributed by atoms with van der Waals surface area (Å²) in [6.45, 7) is 6.37. The molecular weight excluding hydrogens is 659 g/mol. The van der Waals surface area contributed by atoms with E-state index in [1.807, 2.05) is 25.1 Å². The summed E-state index contributed by atoms with van der Waals surface area (Å²) in [5.41, 5.74) is 0.519. The lowest BCUT2D eigenvalue weighted by atomic mass is 9.97. The third-order valence-corrected chi connectivity index (χ3v) is 9.39. The van der Waals surface area contributed by atoms with Gasteiger partial charge in [0.1, 0.15) is 17.1 Å². The molecule has 5 rings (SSSR count). The van der Waals surface area contributed by atoms with Crippen LogP contribution in [-0.4, -0.2) is 103 Å². The number of ether oxygens (including phenoxy) is 3. The molecule has 256 valence electrons. The minimum Gasteiger partial charge on any atom is -0.495 e. The Labute approximate surface area is 289 Å². The maximum atomic E-state index is 14.5. The Hall–Kier alpha value is -3.97. The van der Waals surface area contributed by atoms with Gasteiger partial charge in [-0.15, -0.1) is 0 Å². The van der Waals surface area contributed by atoms with Gasteiger partial charge in [-0.05, 0) is 38.6 Å². The van der Waals surface area contributed by atoms with Gasteiger partial charge >= 0.3 is 0 Å². The molecule has 3 atom stereocenters. The minimum absolute atomic E-state index is 0.0259. The molecule has 0 aliphatic carbocycles. The van der Waals surface area contributed by atoms with Crippen LogP contribution in [0, 0.1) is 11.8 Å². The molecule has 2 aromatic heterocycles. The number of anilines is 1. The number of rotatable bonds is 13. The van der Waals surface area contributed by atoms with E-state index in [2.05, 4.69) is 16.9 Å². The number of fused-ring (bicyclic) bond motifs is 1. The van der Waals surface area contributed by atoms with Gasteiger partial charge in [-0.25, -0.2) is 4.98 Å². The Morgan fingerprint density at radius 1 is 1.17 bits per heavy atom. The van der Waals surface area contributed by atoms with Gasteiger partial charge in [-0.1, -0.05) is 35.9 Å². The van der Waals surface area contributed by atoms with Gasteiger partial charge in [0.05, 0.1) is 49.1 Å². The summed E-state index contributed by atoms with van der Waals surface area (Å²) in [7, 11) is 6.81. The first-order chi connectivity index (χ1) is 23.0. The number of allylic oxidation sites excluding steroid dienone is 1. The molecule has 2 aliphatic heterocycles. The van der Waals surface area contributed by atoms with Crippen LogP contribution in [0.2, 0.25) is 10.0 Å². The van der Waals surface area contributed by atoms with Crippen molar-refractivity contribution in [1.82, 2.24) is 24.3 Å². The van der Waals surface area contributed by atoms with Crippen LogP contribution in [0.25, 0.3) is 22.2 Å². The molecule has 0 saturated carbocycles. The Kier molecular flexibility index (Phi) is 11.4. The van der Waals surface area contributed by atoms with Gasteiger partial charge < -0.3 is 29.3 Å². The second-order valence-electron chi connectivity index (χ2n) is 12.3. The van der Waals surface area contributed by atoms with E-state index in [1.165, 1.54) is 20.3 Å². The number of ketones is 1. The molecule has 3 unspecified atom stereocenters. The average Bonchev–Trinajstić information content (AvgIpc) is 3.72. The van der Waals surface area contributed by atoms with Crippen LogP contribution in [0.4, 0.5) is 5.95 Å². The summed E-state index contributed by atoms with van der Waals surface area (Å²) in [4.78, 5) is 52.6. The van der Waals surface area contributed by atoms with E-state index in [0.29, 0.717) is 67.7 Å². The maximum Gasteiger partial charge on any atom is 0.260 e. The van der Waals surface area contributed by atoms with E-state index in [0.717, 1.165) is 0 Å². The minimum atomic E-state index is -0.374. The lowest BCUT2D eigenvalue weighted by molar-refractivity contribution is -0.125. The van der Waals surface area contributed by atoms with Crippen LogP contribution in [0.5, 0.6) is 11.5 Å². The molecule has 0 radical (unpaired) electrons. The number of nitrogens with zero attached hydrogens (tertiary/aromatic N) is 5. The Balaban J connectivity index is 1.55. The zero-order valence-corrected chi connectivity index (χ0v) is 29.0. The highest BCUT2D eigenvalue weighted by molar-refractivity contribution is 6.41. The molecule has 3 aromatic rings. The highest BCUT2D eigenvalue weighted by Crippen LogP contribution is 2.45. The number of carbonyl (C=O) groups is 2. The summed E-state index contributed by atoms with van der Waals surface area (Å²) in [6, 6.07) is 3.02. The topological polar surface area (TPSA) is 128 Å². The van der Waals surface area contributed by atoms with E-state index in [1.54, 1.807) is 33.9 Å². The lowest BCUT2D eigenvalue weighted by Crippen LogP contribution is -2.31. The third-order valence-electron chi connectivity index (χ3n) is 8.64. The molecule has 0 bridgehead atoms. The summed E-state index contributed by atoms with van der Waals surface area (Å²) < 4.78 is 18.2. The number of halogens is 2. The van der Waals surface area contributed by atoms with Crippen LogP contribution in [0.1, 0.15) is 12.8 Å². The standard InChI is InChI=1S/C34H40Cl2N6O6/c1-6-23(43)12-22-18-48-19-25(22)38-34-37-15-21-13-24(29-30(35)26(46-4)14-27(47-5)31(29)36)33(45)42(32(21)39-34)17-20-9-11-41(16-20)28(44)8-7-10-40(2)3/h6-8,13-15,20,22,25H,1,9-12,16-19H2,2-5H3,(H,37,38,39)/b8-7+. The number of methoxy groups -OCH3 is 2. The summed E-state index contributed by atoms with van der Waals surface area (Å²) in [5, 5.41) is 4.20. The predicted molar refractivity (Wildman–Crippen MR) is 186 cm³/mol.